The van der Waals surface area contributed by atoms with Crippen LogP contribution in [-0.4, -0.2) is 44.0 Å². The monoisotopic (exact) mass is 469 g/mol. The highest BCUT2D eigenvalue weighted by atomic mass is 35.5. The molecule has 0 unspecified atom stereocenters. The quantitative estimate of drug-likeness (QED) is 0.491. The Balaban J connectivity index is 1.63. The second kappa shape index (κ2) is 10.1. The number of carbonyl (C=O) groups is 1. The van der Waals surface area contributed by atoms with E-state index >= 15 is 0 Å². The van der Waals surface area contributed by atoms with Crippen molar-refractivity contribution in [1.82, 2.24) is 20.1 Å². The van der Waals surface area contributed by atoms with Gasteiger partial charge in [0, 0.05) is 30.9 Å². The number of rotatable bonds is 8. The van der Waals surface area contributed by atoms with E-state index in [9.17, 15) is 18.7 Å². The molecule has 1 aliphatic carbocycles. The van der Waals surface area contributed by atoms with Gasteiger partial charge in [-0.2, -0.15) is 5.10 Å². The minimum absolute atomic E-state index is 0.0541. The SMILES string of the molecule is C[C@H](CNC(=O)c1cnc(Cl)cc1NC1CCC(n2nccc2C(F)F)CC1)C(C)(C)O. The van der Waals surface area contributed by atoms with Crippen molar-refractivity contribution in [2.24, 2.45) is 5.92 Å². The number of nitrogens with one attached hydrogen (secondary N) is 2. The first-order chi connectivity index (χ1) is 15.1. The molecule has 176 valence electrons. The smallest absolute Gasteiger partial charge is 0.280 e. The Hall–Kier alpha value is -2.26. The van der Waals surface area contributed by atoms with Crippen LogP contribution >= 0.6 is 11.6 Å². The van der Waals surface area contributed by atoms with Crippen LogP contribution in [0.2, 0.25) is 5.15 Å². The molecule has 0 aromatic carbocycles. The molecular formula is C22H30ClF2N5O2. The number of halogens is 3. The van der Waals surface area contributed by atoms with E-state index in [2.05, 4.69) is 20.7 Å². The van der Waals surface area contributed by atoms with Crippen molar-refractivity contribution in [3.05, 3.63) is 40.9 Å². The minimum atomic E-state index is -2.55. The maximum absolute atomic E-state index is 13.2. The molecule has 7 nitrogen and oxygen atoms in total. The highest BCUT2D eigenvalue weighted by molar-refractivity contribution is 6.29. The molecule has 1 fully saturated rings. The minimum Gasteiger partial charge on any atom is -0.390 e. The molecule has 0 saturated heterocycles. The highest BCUT2D eigenvalue weighted by Crippen LogP contribution is 2.33. The lowest BCUT2D eigenvalue weighted by Gasteiger charge is -2.31. The average molecular weight is 470 g/mol. The Morgan fingerprint density at radius 3 is 2.66 bits per heavy atom. The van der Waals surface area contributed by atoms with Crippen LogP contribution in [-0.2, 0) is 0 Å². The summed E-state index contributed by atoms with van der Waals surface area (Å²) < 4.78 is 27.8. The molecule has 2 aromatic rings. The molecular weight excluding hydrogens is 440 g/mol. The third-order valence-corrected chi connectivity index (χ3v) is 6.42. The summed E-state index contributed by atoms with van der Waals surface area (Å²) in [5.74, 6) is -0.446. The van der Waals surface area contributed by atoms with Crippen molar-refractivity contribution >= 4 is 23.2 Å². The lowest BCUT2D eigenvalue weighted by Crippen LogP contribution is -2.39. The van der Waals surface area contributed by atoms with E-state index in [0.29, 0.717) is 30.6 Å². The molecule has 1 saturated carbocycles. The molecule has 2 heterocycles. The van der Waals surface area contributed by atoms with E-state index < -0.39 is 12.0 Å². The van der Waals surface area contributed by atoms with Crippen molar-refractivity contribution in [2.75, 3.05) is 11.9 Å². The molecule has 32 heavy (non-hydrogen) atoms. The van der Waals surface area contributed by atoms with Gasteiger partial charge in [-0.05, 0) is 51.7 Å². The normalized spacial score (nSPS) is 20.2. The predicted molar refractivity (Wildman–Crippen MR) is 119 cm³/mol. The maximum Gasteiger partial charge on any atom is 0.280 e. The van der Waals surface area contributed by atoms with Crippen molar-refractivity contribution in [3.8, 4) is 0 Å². The van der Waals surface area contributed by atoms with E-state index in [1.165, 1.54) is 23.1 Å². The molecule has 1 atom stereocenters. The van der Waals surface area contributed by atoms with Gasteiger partial charge >= 0.3 is 0 Å². The molecule has 3 rings (SSSR count). The Kier molecular flexibility index (Phi) is 7.71. The molecule has 0 bridgehead atoms. The van der Waals surface area contributed by atoms with Crippen LogP contribution in [0.3, 0.4) is 0 Å². The number of anilines is 1. The Bertz CT molecular complexity index is 923. The zero-order chi connectivity index (χ0) is 23.5. The van der Waals surface area contributed by atoms with Crippen molar-refractivity contribution in [3.63, 3.8) is 0 Å². The zero-order valence-electron chi connectivity index (χ0n) is 18.5. The summed E-state index contributed by atoms with van der Waals surface area (Å²) >= 11 is 6.07. The second-order valence-electron chi connectivity index (χ2n) is 8.97. The standard InChI is InChI=1S/C22H30ClF2N5O2/c1-13(22(2,3)32)11-27-21(31)16-12-26-19(23)10-17(16)29-14-4-6-15(7-5-14)30-18(20(24)25)8-9-28-30/h8-10,12-15,20,32H,4-7,11H2,1-3H3,(H,26,29)(H,27,31)/t13-,14?,15?/m1/s1. The van der Waals surface area contributed by atoms with Gasteiger partial charge in [0.1, 0.15) is 10.8 Å². The van der Waals surface area contributed by atoms with Crippen LogP contribution < -0.4 is 10.6 Å². The summed E-state index contributed by atoms with van der Waals surface area (Å²) in [7, 11) is 0. The summed E-state index contributed by atoms with van der Waals surface area (Å²) in [5.41, 5.74) is -0.0217. The van der Waals surface area contributed by atoms with Gasteiger partial charge in [0.25, 0.3) is 12.3 Å². The number of alkyl halides is 2. The van der Waals surface area contributed by atoms with Gasteiger partial charge in [-0.15, -0.1) is 0 Å². The molecule has 10 heteroatoms. The largest absolute Gasteiger partial charge is 0.390 e. The fraction of sp³-hybridized carbons (Fsp3) is 0.591. The van der Waals surface area contributed by atoms with Crippen LogP contribution in [0.4, 0.5) is 14.5 Å². The third-order valence-electron chi connectivity index (χ3n) is 6.22. The second-order valence-corrected chi connectivity index (χ2v) is 9.36. The number of hydrogen-bond donors (Lipinski definition) is 3. The van der Waals surface area contributed by atoms with Crippen LogP contribution in [0.25, 0.3) is 0 Å². The Morgan fingerprint density at radius 2 is 2.03 bits per heavy atom. The van der Waals surface area contributed by atoms with Gasteiger partial charge in [0.15, 0.2) is 0 Å². The lowest BCUT2D eigenvalue weighted by molar-refractivity contribution is 0.0252. The van der Waals surface area contributed by atoms with Gasteiger partial charge in [-0.3, -0.25) is 9.48 Å². The number of nitrogens with zero attached hydrogens (tertiary/aromatic N) is 3. The van der Waals surface area contributed by atoms with Gasteiger partial charge < -0.3 is 15.7 Å². The fourth-order valence-corrected chi connectivity index (χ4v) is 3.97. The predicted octanol–water partition coefficient (Wildman–Crippen LogP) is 4.60. The van der Waals surface area contributed by atoms with Gasteiger partial charge in [0.2, 0.25) is 0 Å². The molecule has 0 radical (unpaired) electrons. The lowest BCUT2D eigenvalue weighted by atomic mass is 9.90. The first kappa shape index (κ1) is 24.4. The van der Waals surface area contributed by atoms with Crippen LogP contribution in [0.15, 0.2) is 24.5 Å². The van der Waals surface area contributed by atoms with Gasteiger partial charge in [-0.1, -0.05) is 18.5 Å². The maximum atomic E-state index is 13.2. The summed E-state index contributed by atoms with van der Waals surface area (Å²) in [6.07, 6.45) is 3.17. The first-order valence-corrected chi connectivity index (χ1v) is 11.2. The molecule has 0 spiro atoms. The van der Waals surface area contributed by atoms with E-state index in [0.717, 1.165) is 12.8 Å². The van der Waals surface area contributed by atoms with Crippen LogP contribution in [0, 0.1) is 5.92 Å². The number of carbonyl (C=O) groups excluding carboxylic acids is 1. The average Bonchev–Trinajstić information content (AvgIpc) is 3.22. The molecule has 3 N–H and O–H groups in total. The summed E-state index contributed by atoms with van der Waals surface area (Å²) in [6.45, 7) is 5.57. The van der Waals surface area contributed by atoms with Gasteiger partial charge in [0.05, 0.1) is 22.9 Å². The fourth-order valence-electron chi connectivity index (χ4n) is 3.81. The topological polar surface area (TPSA) is 92.1 Å². The van der Waals surface area contributed by atoms with Crippen molar-refractivity contribution < 1.29 is 18.7 Å². The van der Waals surface area contributed by atoms with E-state index in [4.69, 9.17) is 11.6 Å². The number of hydrogen-bond acceptors (Lipinski definition) is 5. The summed E-state index contributed by atoms with van der Waals surface area (Å²) in [4.78, 5) is 16.8. The number of aliphatic hydroxyl groups is 1. The highest BCUT2D eigenvalue weighted by Gasteiger charge is 2.28. The van der Waals surface area contributed by atoms with Crippen molar-refractivity contribution in [1.29, 1.82) is 0 Å². The van der Waals surface area contributed by atoms with E-state index in [-0.39, 0.29) is 34.8 Å². The first-order valence-electron chi connectivity index (χ1n) is 10.8. The summed E-state index contributed by atoms with van der Waals surface area (Å²) in [6, 6.07) is 2.97. The summed E-state index contributed by atoms with van der Waals surface area (Å²) in [5, 5.41) is 20.6. The van der Waals surface area contributed by atoms with E-state index in [1.807, 2.05) is 6.92 Å². The molecule has 0 aliphatic heterocycles. The van der Waals surface area contributed by atoms with E-state index in [1.54, 1.807) is 19.9 Å². The zero-order valence-corrected chi connectivity index (χ0v) is 19.2. The Labute approximate surface area is 191 Å². The third kappa shape index (κ3) is 5.95. The van der Waals surface area contributed by atoms with Crippen molar-refractivity contribution in [2.45, 2.75) is 70.6 Å². The number of pyridine rings is 1. The Morgan fingerprint density at radius 1 is 1.34 bits per heavy atom. The van der Waals surface area contributed by atoms with Gasteiger partial charge in [-0.25, -0.2) is 13.8 Å². The van der Waals surface area contributed by atoms with Crippen LogP contribution in [0.5, 0.6) is 0 Å². The molecule has 1 aliphatic rings. The molecule has 2 aromatic heterocycles. The number of amides is 1. The number of aromatic nitrogens is 3. The van der Waals surface area contributed by atoms with Crippen LogP contribution in [0.1, 0.15) is 75.0 Å². The molecule has 1 amide bonds.